The Labute approximate surface area is 116 Å². The molecule has 0 bridgehead atoms. The first kappa shape index (κ1) is 12.5. The molecule has 0 amide bonds. The molecule has 0 saturated carbocycles. The van der Waals surface area contributed by atoms with E-state index >= 15 is 0 Å². The summed E-state index contributed by atoms with van der Waals surface area (Å²) in [6.45, 7) is 0. The Kier molecular flexibility index (Phi) is 3.47. The van der Waals surface area contributed by atoms with E-state index in [2.05, 4.69) is 15.9 Å². The van der Waals surface area contributed by atoms with Gasteiger partial charge in [0.1, 0.15) is 5.69 Å². The largest absolute Gasteiger partial charge is 0.477 e. The van der Waals surface area contributed by atoms with Gasteiger partial charge >= 0.3 is 5.97 Å². The number of nitrogens with zero attached hydrogens (tertiary/aromatic N) is 1. The molecule has 0 aliphatic rings. The Morgan fingerprint density at radius 1 is 1.29 bits per heavy atom. The van der Waals surface area contributed by atoms with Gasteiger partial charge in [0, 0.05) is 10.7 Å². The predicted molar refractivity (Wildman–Crippen MR) is 70.4 cm³/mol. The summed E-state index contributed by atoms with van der Waals surface area (Å²) in [6, 6.07) is 6.56. The minimum Gasteiger partial charge on any atom is -0.477 e. The zero-order valence-corrected chi connectivity index (χ0v) is 11.4. The van der Waals surface area contributed by atoms with Crippen LogP contribution >= 0.6 is 39.1 Å². The molecule has 0 radical (unpaired) electrons. The van der Waals surface area contributed by atoms with Gasteiger partial charge in [0.2, 0.25) is 0 Å². The van der Waals surface area contributed by atoms with Crippen LogP contribution in [0.25, 0.3) is 5.69 Å². The lowest BCUT2D eigenvalue weighted by atomic mass is 10.3. The highest BCUT2D eigenvalue weighted by atomic mass is 79.9. The Balaban J connectivity index is 2.67. The fourth-order valence-corrected chi connectivity index (χ4v) is 2.22. The normalized spacial score (nSPS) is 10.5. The fourth-order valence-electron chi connectivity index (χ4n) is 1.46. The molecule has 0 fully saturated rings. The molecule has 1 heterocycles. The lowest BCUT2D eigenvalue weighted by molar-refractivity contribution is 0.0688. The number of aromatic nitrogens is 1. The van der Waals surface area contributed by atoms with Crippen LogP contribution in [0.5, 0.6) is 0 Å². The van der Waals surface area contributed by atoms with E-state index in [1.54, 1.807) is 18.2 Å². The third-order valence-electron chi connectivity index (χ3n) is 2.17. The fraction of sp³-hybridized carbons (Fsp3) is 0. The zero-order valence-electron chi connectivity index (χ0n) is 8.32. The third kappa shape index (κ3) is 2.49. The first-order valence-corrected chi connectivity index (χ1v) is 6.10. The molecular weight excluding hydrogens is 329 g/mol. The van der Waals surface area contributed by atoms with Crippen LogP contribution in [0, 0.1) is 0 Å². The van der Waals surface area contributed by atoms with E-state index < -0.39 is 5.97 Å². The Bertz CT molecular complexity index is 595. The van der Waals surface area contributed by atoms with Crippen molar-refractivity contribution < 1.29 is 9.90 Å². The molecule has 17 heavy (non-hydrogen) atoms. The van der Waals surface area contributed by atoms with Crippen LogP contribution < -0.4 is 0 Å². The molecule has 2 aromatic rings. The molecule has 0 saturated heterocycles. The minimum absolute atomic E-state index is 0.0648. The van der Waals surface area contributed by atoms with E-state index in [1.807, 2.05) is 0 Å². The lowest BCUT2D eigenvalue weighted by Crippen LogP contribution is -2.06. The van der Waals surface area contributed by atoms with Gasteiger partial charge in [-0.25, -0.2) is 4.79 Å². The summed E-state index contributed by atoms with van der Waals surface area (Å²) in [6.07, 6.45) is 1.51. The molecule has 0 aliphatic carbocycles. The molecule has 0 aliphatic heterocycles. The number of carboxylic acid groups (broad SMARTS) is 1. The summed E-state index contributed by atoms with van der Waals surface area (Å²) < 4.78 is 2.25. The molecule has 3 nitrogen and oxygen atoms in total. The maximum atomic E-state index is 11.1. The highest BCUT2D eigenvalue weighted by molar-refractivity contribution is 9.10. The summed E-state index contributed by atoms with van der Waals surface area (Å²) in [5.74, 6) is -1.06. The molecule has 1 aromatic carbocycles. The molecule has 2 rings (SSSR count). The number of aromatic carboxylic acids is 1. The van der Waals surface area contributed by atoms with E-state index in [1.165, 1.54) is 16.8 Å². The summed E-state index contributed by atoms with van der Waals surface area (Å²) >= 11 is 15.2. The van der Waals surface area contributed by atoms with Gasteiger partial charge in [-0.3, -0.25) is 0 Å². The Hall–Kier alpha value is -0.970. The molecule has 0 unspecified atom stereocenters. The third-order valence-corrected chi connectivity index (χ3v) is 3.19. The van der Waals surface area contributed by atoms with Crippen molar-refractivity contribution in [2.45, 2.75) is 0 Å². The van der Waals surface area contributed by atoms with E-state index in [0.717, 1.165) is 4.47 Å². The second-order valence-corrected chi connectivity index (χ2v) is 5.07. The van der Waals surface area contributed by atoms with Gasteiger partial charge in [-0.05, 0) is 24.3 Å². The zero-order chi connectivity index (χ0) is 12.6. The number of halogens is 3. The standard InChI is InChI=1S/C11H6BrCl2NO2/c12-6-1-2-8(14)9(3-6)15-5-7(13)4-10(15)11(16)17/h1-5H,(H,16,17). The van der Waals surface area contributed by atoms with Crippen LogP contribution in [-0.4, -0.2) is 15.6 Å². The average Bonchev–Trinajstić information content (AvgIpc) is 2.64. The van der Waals surface area contributed by atoms with Crippen LogP contribution in [0.3, 0.4) is 0 Å². The van der Waals surface area contributed by atoms with Crippen molar-refractivity contribution in [3.05, 3.63) is 50.7 Å². The monoisotopic (exact) mass is 333 g/mol. The Morgan fingerprint density at radius 3 is 2.65 bits per heavy atom. The summed E-state index contributed by atoms with van der Waals surface area (Å²) in [7, 11) is 0. The molecule has 0 spiro atoms. The first-order valence-electron chi connectivity index (χ1n) is 4.55. The highest BCUT2D eigenvalue weighted by Gasteiger charge is 2.15. The Morgan fingerprint density at radius 2 is 2.00 bits per heavy atom. The van der Waals surface area contributed by atoms with Crippen molar-refractivity contribution in [3.63, 3.8) is 0 Å². The molecular formula is C11H6BrCl2NO2. The number of hydrogen-bond donors (Lipinski definition) is 1. The van der Waals surface area contributed by atoms with Crippen LogP contribution in [-0.2, 0) is 0 Å². The molecule has 1 aromatic heterocycles. The van der Waals surface area contributed by atoms with Crippen molar-refractivity contribution in [2.24, 2.45) is 0 Å². The smallest absolute Gasteiger partial charge is 0.352 e. The lowest BCUT2D eigenvalue weighted by Gasteiger charge is -2.08. The summed E-state index contributed by atoms with van der Waals surface area (Å²) in [4.78, 5) is 11.1. The maximum absolute atomic E-state index is 11.1. The SMILES string of the molecule is O=C(O)c1cc(Cl)cn1-c1cc(Br)ccc1Cl. The van der Waals surface area contributed by atoms with Crippen LogP contribution in [0.2, 0.25) is 10.0 Å². The molecule has 1 N–H and O–H groups in total. The van der Waals surface area contributed by atoms with Crippen LogP contribution in [0.15, 0.2) is 34.9 Å². The van der Waals surface area contributed by atoms with Gasteiger partial charge < -0.3 is 9.67 Å². The first-order chi connectivity index (χ1) is 7.99. The molecule has 88 valence electrons. The van der Waals surface area contributed by atoms with Gasteiger partial charge in [0.05, 0.1) is 15.7 Å². The number of carbonyl (C=O) groups is 1. The topological polar surface area (TPSA) is 42.2 Å². The van der Waals surface area contributed by atoms with Gasteiger partial charge in [0.15, 0.2) is 0 Å². The van der Waals surface area contributed by atoms with E-state index in [-0.39, 0.29) is 5.69 Å². The highest BCUT2D eigenvalue weighted by Crippen LogP contribution is 2.28. The summed E-state index contributed by atoms with van der Waals surface area (Å²) in [5.41, 5.74) is 0.625. The number of benzene rings is 1. The molecule has 6 heteroatoms. The van der Waals surface area contributed by atoms with Crippen molar-refractivity contribution in [3.8, 4) is 5.69 Å². The van der Waals surface area contributed by atoms with Gasteiger partial charge in [0.25, 0.3) is 0 Å². The van der Waals surface area contributed by atoms with Crippen LogP contribution in [0.4, 0.5) is 0 Å². The van der Waals surface area contributed by atoms with Crippen molar-refractivity contribution in [1.82, 2.24) is 4.57 Å². The van der Waals surface area contributed by atoms with E-state index in [0.29, 0.717) is 15.7 Å². The van der Waals surface area contributed by atoms with Crippen molar-refractivity contribution in [1.29, 1.82) is 0 Å². The number of rotatable bonds is 2. The summed E-state index contributed by atoms with van der Waals surface area (Å²) in [5, 5.41) is 9.86. The van der Waals surface area contributed by atoms with Crippen molar-refractivity contribution >= 4 is 45.1 Å². The van der Waals surface area contributed by atoms with Crippen molar-refractivity contribution in [2.75, 3.05) is 0 Å². The van der Waals surface area contributed by atoms with Gasteiger partial charge in [-0.15, -0.1) is 0 Å². The predicted octanol–water partition coefficient (Wildman–Crippen LogP) is 4.24. The quantitative estimate of drug-likeness (QED) is 0.892. The average molecular weight is 335 g/mol. The number of carboxylic acids is 1. The van der Waals surface area contributed by atoms with Crippen LogP contribution in [0.1, 0.15) is 10.5 Å². The maximum Gasteiger partial charge on any atom is 0.352 e. The van der Waals surface area contributed by atoms with E-state index in [9.17, 15) is 4.79 Å². The molecule has 0 atom stereocenters. The van der Waals surface area contributed by atoms with Gasteiger partial charge in [-0.2, -0.15) is 0 Å². The second-order valence-electron chi connectivity index (χ2n) is 3.31. The minimum atomic E-state index is -1.06. The van der Waals surface area contributed by atoms with Gasteiger partial charge in [-0.1, -0.05) is 39.1 Å². The number of hydrogen-bond acceptors (Lipinski definition) is 1. The van der Waals surface area contributed by atoms with E-state index in [4.69, 9.17) is 28.3 Å². The second kappa shape index (κ2) is 4.72.